The molecule has 15 heavy (non-hydrogen) atoms. The Bertz CT molecular complexity index is 246. The van der Waals surface area contributed by atoms with Crippen molar-refractivity contribution in [3.63, 3.8) is 0 Å². The summed E-state index contributed by atoms with van der Waals surface area (Å²) in [5.74, 6) is -0.199. The van der Waals surface area contributed by atoms with Gasteiger partial charge >= 0.3 is 0 Å². The largest absolute Gasteiger partial charge is 0.501 e. The van der Waals surface area contributed by atoms with Crippen molar-refractivity contribution in [3.8, 4) is 0 Å². The van der Waals surface area contributed by atoms with Crippen LogP contribution in [0.2, 0.25) is 19.6 Å². The van der Waals surface area contributed by atoms with Crippen molar-refractivity contribution in [1.29, 1.82) is 0 Å². The third-order valence-electron chi connectivity index (χ3n) is 1.98. The van der Waals surface area contributed by atoms with Gasteiger partial charge in [0.1, 0.15) is 5.76 Å². The van der Waals surface area contributed by atoms with Crippen molar-refractivity contribution < 1.29 is 18.6 Å². The molecule has 88 valence electrons. The molecule has 1 heterocycles. The highest BCUT2D eigenvalue weighted by Gasteiger charge is 2.38. The van der Waals surface area contributed by atoms with Gasteiger partial charge in [0.05, 0.1) is 13.7 Å². The lowest BCUT2D eigenvalue weighted by Gasteiger charge is -2.37. The Morgan fingerprint density at radius 1 is 1.33 bits per heavy atom. The maximum Gasteiger partial charge on any atom is 0.298 e. The molecule has 1 atom stereocenters. The van der Waals surface area contributed by atoms with E-state index >= 15 is 0 Å². The summed E-state index contributed by atoms with van der Waals surface area (Å²) in [6.45, 7) is 6.82. The summed E-state index contributed by atoms with van der Waals surface area (Å²) in [5, 5.41) is 0. The molecule has 1 aliphatic heterocycles. The van der Waals surface area contributed by atoms with E-state index in [0.29, 0.717) is 6.61 Å². The average Bonchev–Trinajstić information content (AvgIpc) is 2.15. The molecule has 0 spiro atoms. The highest BCUT2D eigenvalue weighted by atomic mass is 28.4. The van der Waals surface area contributed by atoms with Gasteiger partial charge in [0, 0.05) is 19.6 Å². The van der Waals surface area contributed by atoms with Crippen LogP contribution in [0, 0.1) is 0 Å². The predicted molar refractivity (Wildman–Crippen MR) is 59.8 cm³/mol. The highest BCUT2D eigenvalue weighted by molar-refractivity contribution is 6.69. The lowest BCUT2D eigenvalue weighted by molar-refractivity contribution is -0.311. The standard InChI is InChI=1S/C10H20O4Si/c1-11-9-6-7-13-10(8-9,12-2)14-15(3,4)5/h8H,6-7H2,1-5H3. The first kappa shape index (κ1) is 12.7. The van der Waals surface area contributed by atoms with Crippen LogP contribution in [0.4, 0.5) is 0 Å². The second kappa shape index (κ2) is 4.65. The molecule has 4 nitrogen and oxygen atoms in total. The Morgan fingerprint density at radius 2 is 2.00 bits per heavy atom. The zero-order valence-electron chi connectivity index (χ0n) is 10.1. The minimum atomic E-state index is -1.73. The van der Waals surface area contributed by atoms with E-state index in [1.807, 2.05) is 0 Å². The van der Waals surface area contributed by atoms with Gasteiger partial charge in [0.2, 0.25) is 0 Å². The van der Waals surface area contributed by atoms with E-state index in [2.05, 4.69) is 19.6 Å². The van der Waals surface area contributed by atoms with Crippen LogP contribution in [-0.4, -0.2) is 35.1 Å². The predicted octanol–water partition coefficient (Wildman–Crippen LogP) is 2.09. The molecule has 5 heteroatoms. The van der Waals surface area contributed by atoms with Gasteiger partial charge in [-0.3, -0.25) is 0 Å². The van der Waals surface area contributed by atoms with Crippen LogP contribution in [-0.2, 0) is 18.6 Å². The Morgan fingerprint density at radius 3 is 2.47 bits per heavy atom. The van der Waals surface area contributed by atoms with E-state index in [9.17, 15) is 0 Å². The molecule has 0 aromatic carbocycles. The first-order valence-corrected chi connectivity index (χ1v) is 8.46. The number of ether oxygens (including phenoxy) is 3. The molecule has 1 aliphatic rings. The van der Waals surface area contributed by atoms with E-state index in [1.165, 1.54) is 0 Å². The fourth-order valence-electron chi connectivity index (χ4n) is 1.41. The third kappa shape index (κ3) is 3.60. The molecule has 0 amide bonds. The molecule has 0 radical (unpaired) electrons. The smallest absolute Gasteiger partial charge is 0.298 e. The second-order valence-electron chi connectivity index (χ2n) is 4.44. The van der Waals surface area contributed by atoms with Crippen LogP contribution >= 0.6 is 0 Å². The molecular formula is C10H20O4Si. The number of hydrogen-bond donors (Lipinski definition) is 0. The first-order chi connectivity index (χ1) is 6.91. The average molecular weight is 232 g/mol. The van der Waals surface area contributed by atoms with Crippen LogP contribution in [0.5, 0.6) is 0 Å². The van der Waals surface area contributed by atoms with Gasteiger partial charge in [-0.05, 0) is 19.6 Å². The Balaban J connectivity index is 2.84. The molecule has 0 fully saturated rings. The van der Waals surface area contributed by atoms with Crippen molar-refractivity contribution in [2.75, 3.05) is 20.8 Å². The summed E-state index contributed by atoms with van der Waals surface area (Å²) < 4.78 is 22.0. The normalized spacial score (nSPS) is 27.4. The van der Waals surface area contributed by atoms with Crippen LogP contribution < -0.4 is 0 Å². The first-order valence-electron chi connectivity index (χ1n) is 5.06. The molecule has 0 N–H and O–H groups in total. The molecule has 1 rings (SSSR count). The van der Waals surface area contributed by atoms with Crippen LogP contribution in [0.1, 0.15) is 6.42 Å². The molecular weight excluding hydrogens is 212 g/mol. The minimum absolute atomic E-state index is 0.554. The summed E-state index contributed by atoms with van der Waals surface area (Å²) in [5.41, 5.74) is 0. The minimum Gasteiger partial charge on any atom is -0.501 e. The maximum atomic E-state index is 5.89. The number of rotatable bonds is 4. The molecule has 0 saturated heterocycles. The van der Waals surface area contributed by atoms with Crippen LogP contribution in [0.15, 0.2) is 11.8 Å². The SMILES string of the molecule is COC1=CC(OC)(O[Si](C)(C)C)OCC1. The zero-order chi connectivity index (χ0) is 11.5. The van der Waals surface area contributed by atoms with Gasteiger partial charge in [-0.25, -0.2) is 0 Å². The number of hydrogen-bond acceptors (Lipinski definition) is 4. The van der Waals surface area contributed by atoms with E-state index in [1.54, 1.807) is 20.3 Å². The Labute approximate surface area is 92.3 Å². The molecule has 0 aromatic rings. The molecule has 1 unspecified atom stereocenters. The summed E-state index contributed by atoms with van der Waals surface area (Å²) in [6, 6.07) is 0. The molecule has 0 aliphatic carbocycles. The Hall–Kier alpha value is -0.363. The fourth-order valence-corrected chi connectivity index (χ4v) is 2.47. The van der Waals surface area contributed by atoms with Gasteiger partial charge in [-0.2, -0.15) is 0 Å². The lowest BCUT2D eigenvalue weighted by atomic mass is 10.3. The fraction of sp³-hybridized carbons (Fsp3) is 0.800. The van der Waals surface area contributed by atoms with Gasteiger partial charge in [0.15, 0.2) is 8.32 Å². The van der Waals surface area contributed by atoms with Crippen molar-refractivity contribution in [2.24, 2.45) is 0 Å². The van der Waals surface area contributed by atoms with Crippen LogP contribution in [0.3, 0.4) is 0 Å². The van der Waals surface area contributed by atoms with Crippen molar-refractivity contribution in [1.82, 2.24) is 0 Å². The van der Waals surface area contributed by atoms with E-state index in [-0.39, 0.29) is 0 Å². The van der Waals surface area contributed by atoms with E-state index in [4.69, 9.17) is 18.6 Å². The summed E-state index contributed by atoms with van der Waals surface area (Å²) >= 11 is 0. The van der Waals surface area contributed by atoms with E-state index in [0.717, 1.165) is 12.2 Å². The lowest BCUT2D eigenvalue weighted by Crippen LogP contribution is -2.47. The third-order valence-corrected chi connectivity index (χ3v) is 2.88. The van der Waals surface area contributed by atoms with Gasteiger partial charge < -0.3 is 18.6 Å². The van der Waals surface area contributed by atoms with Gasteiger partial charge in [-0.1, -0.05) is 0 Å². The van der Waals surface area contributed by atoms with E-state index < -0.39 is 14.3 Å². The van der Waals surface area contributed by atoms with Gasteiger partial charge in [0.25, 0.3) is 5.97 Å². The molecule has 0 bridgehead atoms. The van der Waals surface area contributed by atoms with Crippen LogP contribution in [0.25, 0.3) is 0 Å². The van der Waals surface area contributed by atoms with Crippen molar-refractivity contribution >= 4 is 8.32 Å². The van der Waals surface area contributed by atoms with Gasteiger partial charge in [-0.15, -0.1) is 0 Å². The van der Waals surface area contributed by atoms with Crippen molar-refractivity contribution in [2.45, 2.75) is 32.0 Å². The quantitative estimate of drug-likeness (QED) is 0.549. The molecule has 0 aromatic heterocycles. The summed E-state index contributed by atoms with van der Waals surface area (Å²) in [6.07, 6.45) is 2.53. The highest BCUT2D eigenvalue weighted by Crippen LogP contribution is 2.28. The monoisotopic (exact) mass is 232 g/mol. The summed E-state index contributed by atoms with van der Waals surface area (Å²) in [7, 11) is 1.49. The maximum absolute atomic E-state index is 5.89. The number of methoxy groups -OCH3 is 2. The zero-order valence-corrected chi connectivity index (χ0v) is 11.1. The Kier molecular flexibility index (Phi) is 3.94. The summed E-state index contributed by atoms with van der Waals surface area (Å²) in [4.78, 5) is 0. The second-order valence-corrected chi connectivity index (χ2v) is 8.86. The topological polar surface area (TPSA) is 36.9 Å². The van der Waals surface area contributed by atoms with Crippen molar-refractivity contribution in [3.05, 3.63) is 11.8 Å². The molecule has 0 saturated carbocycles.